The van der Waals surface area contributed by atoms with E-state index in [1.807, 2.05) is 31.2 Å². The van der Waals surface area contributed by atoms with Crippen molar-refractivity contribution in [2.45, 2.75) is 51.6 Å². The van der Waals surface area contributed by atoms with Crippen LogP contribution < -0.4 is 15.7 Å². The molecule has 152 valence electrons. The van der Waals surface area contributed by atoms with Crippen LogP contribution in [-0.4, -0.2) is 38.2 Å². The molecule has 29 heavy (non-hydrogen) atoms. The molecule has 1 N–H and O–H groups in total. The molecule has 8 nitrogen and oxygen atoms in total. The maximum Gasteiger partial charge on any atom is 0.352 e. The molecule has 0 unspecified atom stereocenters. The third-order valence-electron chi connectivity index (χ3n) is 5.31. The van der Waals surface area contributed by atoms with Crippen LogP contribution in [0.5, 0.6) is 5.75 Å². The van der Waals surface area contributed by atoms with Crippen molar-refractivity contribution in [3.05, 3.63) is 46.5 Å². The van der Waals surface area contributed by atoms with Crippen molar-refractivity contribution < 1.29 is 9.53 Å². The normalized spacial score (nSPS) is 14.8. The van der Waals surface area contributed by atoms with Gasteiger partial charge in [0.15, 0.2) is 5.65 Å². The zero-order chi connectivity index (χ0) is 20.4. The molecule has 4 rings (SSSR count). The van der Waals surface area contributed by atoms with Crippen LogP contribution in [0.25, 0.3) is 17.0 Å². The SMILES string of the molecule is COc1ccc(-c2nc(C)cc3nn(CC(=O)NC4CCCCC4)c(=O)n23)cc1. The van der Waals surface area contributed by atoms with Gasteiger partial charge in [-0.1, -0.05) is 19.3 Å². The van der Waals surface area contributed by atoms with Crippen LogP contribution in [0.2, 0.25) is 0 Å². The van der Waals surface area contributed by atoms with Crippen molar-refractivity contribution >= 4 is 11.6 Å². The first-order chi connectivity index (χ1) is 14.0. The molecule has 0 aliphatic heterocycles. The van der Waals surface area contributed by atoms with Crippen molar-refractivity contribution in [2.75, 3.05) is 7.11 Å². The predicted octanol–water partition coefficient (Wildman–Crippen LogP) is 2.32. The number of ether oxygens (including phenoxy) is 1. The highest BCUT2D eigenvalue weighted by molar-refractivity contribution is 5.76. The Kier molecular flexibility index (Phi) is 5.33. The second-order valence-corrected chi connectivity index (χ2v) is 7.49. The average Bonchev–Trinajstić information content (AvgIpc) is 3.03. The highest BCUT2D eigenvalue weighted by Crippen LogP contribution is 2.21. The smallest absolute Gasteiger partial charge is 0.352 e. The minimum atomic E-state index is -0.378. The lowest BCUT2D eigenvalue weighted by atomic mass is 9.95. The maximum absolute atomic E-state index is 13.0. The predicted molar refractivity (Wildman–Crippen MR) is 109 cm³/mol. The molecule has 0 saturated heterocycles. The Morgan fingerprint density at radius 3 is 2.62 bits per heavy atom. The van der Waals surface area contributed by atoms with E-state index >= 15 is 0 Å². The quantitative estimate of drug-likeness (QED) is 0.716. The fourth-order valence-electron chi connectivity index (χ4n) is 3.85. The van der Waals surface area contributed by atoms with E-state index in [2.05, 4.69) is 15.4 Å². The van der Waals surface area contributed by atoms with Crippen molar-refractivity contribution in [2.24, 2.45) is 0 Å². The number of fused-ring (bicyclic) bond motifs is 1. The maximum atomic E-state index is 13.0. The minimum Gasteiger partial charge on any atom is -0.497 e. The summed E-state index contributed by atoms with van der Waals surface area (Å²) in [5.41, 5.74) is 1.61. The number of carbonyl (C=O) groups excluding carboxylic acids is 1. The lowest BCUT2D eigenvalue weighted by molar-refractivity contribution is -0.122. The number of amides is 1. The molecule has 3 aromatic rings. The molecule has 1 aliphatic rings. The van der Waals surface area contributed by atoms with E-state index in [9.17, 15) is 9.59 Å². The fraction of sp³-hybridized carbons (Fsp3) is 0.429. The number of nitrogens with one attached hydrogen (secondary N) is 1. The van der Waals surface area contributed by atoms with Gasteiger partial charge in [-0.05, 0) is 44.0 Å². The summed E-state index contributed by atoms with van der Waals surface area (Å²) < 4.78 is 7.86. The summed E-state index contributed by atoms with van der Waals surface area (Å²) in [7, 11) is 1.60. The second kappa shape index (κ2) is 8.06. The van der Waals surface area contributed by atoms with Crippen molar-refractivity contribution in [1.29, 1.82) is 0 Å². The molecular weight excluding hydrogens is 370 g/mol. The molecule has 1 amide bonds. The zero-order valence-corrected chi connectivity index (χ0v) is 16.7. The van der Waals surface area contributed by atoms with E-state index in [0.717, 1.165) is 42.7 Å². The van der Waals surface area contributed by atoms with Gasteiger partial charge in [0.2, 0.25) is 5.91 Å². The standard InChI is InChI=1S/C21H25N5O3/c1-14-12-18-24-25(13-19(27)23-16-6-4-3-5-7-16)21(28)26(18)20(22-14)15-8-10-17(29-2)11-9-15/h8-12,16H,3-7,13H2,1-2H3,(H,23,27). The van der Waals surface area contributed by atoms with E-state index in [4.69, 9.17) is 4.74 Å². The summed E-state index contributed by atoms with van der Waals surface area (Å²) in [6.45, 7) is 1.75. The number of rotatable bonds is 5. The number of benzene rings is 1. The van der Waals surface area contributed by atoms with Crippen molar-refractivity contribution in [1.82, 2.24) is 24.5 Å². The first-order valence-electron chi connectivity index (χ1n) is 9.96. The van der Waals surface area contributed by atoms with Gasteiger partial charge in [0.25, 0.3) is 0 Å². The van der Waals surface area contributed by atoms with E-state index in [1.165, 1.54) is 15.5 Å². The summed E-state index contributed by atoms with van der Waals surface area (Å²) in [6.07, 6.45) is 5.48. The van der Waals surface area contributed by atoms with Gasteiger partial charge in [0.05, 0.1) is 7.11 Å². The van der Waals surface area contributed by atoms with Gasteiger partial charge in [-0.25, -0.2) is 18.9 Å². The monoisotopic (exact) mass is 395 g/mol. The molecule has 2 aromatic heterocycles. The molecule has 0 atom stereocenters. The van der Waals surface area contributed by atoms with Gasteiger partial charge in [0, 0.05) is 23.4 Å². The third kappa shape index (κ3) is 4.01. The van der Waals surface area contributed by atoms with Crippen LogP contribution in [-0.2, 0) is 11.3 Å². The Morgan fingerprint density at radius 1 is 1.21 bits per heavy atom. The molecule has 0 spiro atoms. The summed E-state index contributed by atoms with van der Waals surface area (Å²) in [4.78, 5) is 30.0. The number of hydrogen-bond acceptors (Lipinski definition) is 5. The molecular formula is C21H25N5O3. The Hall–Kier alpha value is -3.16. The van der Waals surface area contributed by atoms with Crippen LogP contribution >= 0.6 is 0 Å². The number of hydrogen-bond donors (Lipinski definition) is 1. The molecule has 2 heterocycles. The Balaban J connectivity index is 1.65. The topological polar surface area (TPSA) is 90.5 Å². The lowest BCUT2D eigenvalue weighted by Crippen LogP contribution is -2.40. The summed E-state index contributed by atoms with van der Waals surface area (Å²) in [5, 5.41) is 7.40. The van der Waals surface area contributed by atoms with Gasteiger partial charge in [-0.3, -0.25) is 4.79 Å². The summed E-state index contributed by atoms with van der Waals surface area (Å²) >= 11 is 0. The van der Waals surface area contributed by atoms with Gasteiger partial charge >= 0.3 is 5.69 Å². The second-order valence-electron chi connectivity index (χ2n) is 7.49. The van der Waals surface area contributed by atoms with Crippen LogP contribution in [0.1, 0.15) is 37.8 Å². The molecule has 1 saturated carbocycles. The van der Waals surface area contributed by atoms with Gasteiger partial charge in [-0.2, -0.15) is 0 Å². The zero-order valence-electron chi connectivity index (χ0n) is 16.7. The largest absolute Gasteiger partial charge is 0.497 e. The van der Waals surface area contributed by atoms with Gasteiger partial charge in [-0.15, -0.1) is 5.10 Å². The molecule has 1 fully saturated rings. The van der Waals surface area contributed by atoms with Crippen molar-refractivity contribution in [3.63, 3.8) is 0 Å². The number of aryl methyl sites for hydroxylation is 1. The van der Waals surface area contributed by atoms with Crippen LogP contribution in [0.3, 0.4) is 0 Å². The van der Waals surface area contributed by atoms with Crippen LogP contribution in [0.15, 0.2) is 35.1 Å². The van der Waals surface area contributed by atoms with E-state index in [0.29, 0.717) is 11.5 Å². The van der Waals surface area contributed by atoms with Crippen LogP contribution in [0, 0.1) is 6.92 Å². The van der Waals surface area contributed by atoms with Gasteiger partial charge in [0.1, 0.15) is 18.1 Å². The number of methoxy groups -OCH3 is 1. The fourth-order valence-corrected chi connectivity index (χ4v) is 3.85. The van der Waals surface area contributed by atoms with Gasteiger partial charge < -0.3 is 10.1 Å². The summed E-state index contributed by atoms with van der Waals surface area (Å²) in [6, 6.07) is 9.27. The first-order valence-corrected chi connectivity index (χ1v) is 9.96. The average molecular weight is 395 g/mol. The van der Waals surface area contributed by atoms with E-state index < -0.39 is 0 Å². The Labute approximate surface area is 168 Å². The Morgan fingerprint density at radius 2 is 1.93 bits per heavy atom. The highest BCUT2D eigenvalue weighted by atomic mass is 16.5. The third-order valence-corrected chi connectivity index (χ3v) is 5.31. The molecule has 0 radical (unpaired) electrons. The number of carbonyl (C=O) groups is 1. The van der Waals surface area contributed by atoms with Crippen molar-refractivity contribution in [3.8, 4) is 17.1 Å². The number of aromatic nitrogens is 4. The minimum absolute atomic E-state index is 0.0991. The van der Waals surface area contributed by atoms with E-state index in [1.54, 1.807) is 13.2 Å². The van der Waals surface area contributed by atoms with E-state index in [-0.39, 0.29) is 24.2 Å². The molecule has 0 bridgehead atoms. The summed E-state index contributed by atoms with van der Waals surface area (Å²) in [5.74, 6) is 1.03. The molecule has 8 heteroatoms. The molecule has 1 aliphatic carbocycles. The highest BCUT2D eigenvalue weighted by Gasteiger charge is 2.19. The Bertz CT molecular complexity index is 1080. The van der Waals surface area contributed by atoms with Crippen LogP contribution in [0.4, 0.5) is 0 Å². The lowest BCUT2D eigenvalue weighted by Gasteiger charge is -2.22. The first kappa shape index (κ1) is 19.2. The number of nitrogens with zero attached hydrogens (tertiary/aromatic N) is 4. The molecule has 1 aromatic carbocycles.